The Bertz CT molecular complexity index is 662. The molecular formula is C16H21ClN4O. The molecule has 0 fully saturated rings. The lowest BCUT2D eigenvalue weighted by Crippen LogP contribution is -2.24. The molecule has 5 nitrogen and oxygen atoms in total. The maximum atomic E-state index is 12.4. The molecule has 0 aliphatic carbocycles. The van der Waals surface area contributed by atoms with Gasteiger partial charge in [0.05, 0.1) is 11.3 Å². The fourth-order valence-electron chi connectivity index (χ4n) is 2.20. The van der Waals surface area contributed by atoms with Crippen LogP contribution < -0.4 is 11.1 Å². The van der Waals surface area contributed by atoms with E-state index in [1.807, 2.05) is 38.1 Å². The Hall–Kier alpha value is -1.85. The molecule has 0 spiro atoms. The second kappa shape index (κ2) is 6.94. The van der Waals surface area contributed by atoms with Gasteiger partial charge in [0.2, 0.25) is 0 Å². The minimum absolute atomic E-state index is 0.128. The fourth-order valence-corrected chi connectivity index (χ4v) is 2.42. The minimum atomic E-state index is -0.204. The first-order valence-corrected chi connectivity index (χ1v) is 7.60. The fraction of sp³-hybridized carbons (Fsp3) is 0.375. The van der Waals surface area contributed by atoms with Crippen LogP contribution in [0.5, 0.6) is 0 Å². The maximum Gasteiger partial charge on any atom is 0.256 e. The Kier molecular flexibility index (Phi) is 5.21. The van der Waals surface area contributed by atoms with Crippen LogP contribution in [-0.4, -0.2) is 15.7 Å². The summed E-state index contributed by atoms with van der Waals surface area (Å²) < 4.78 is 1.53. The number of amides is 1. The van der Waals surface area contributed by atoms with E-state index in [9.17, 15) is 4.79 Å². The third-order valence-corrected chi connectivity index (χ3v) is 3.92. The summed E-state index contributed by atoms with van der Waals surface area (Å²) in [6.45, 7) is 4.92. The Balaban J connectivity index is 2.12. The zero-order chi connectivity index (χ0) is 16.3. The van der Waals surface area contributed by atoms with E-state index < -0.39 is 0 Å². The second-order valence-electron chi connectivity index (χ2n) is 5.53. The molecule has 22 heavy (non-hydrogen) atoms. The molecule has 0 unspecified atom stereocenters. The van der Waals surface area contributed by atoms with Crippen LogP contribution >= 0.6 is 11.6 Å². The van der Waals surface area contributed by atoms with E-state index in [2.05, 4.69) is 10.4 Å². The number of aromatic nitrogens is 2. The largest absolute Gasteiger partial charge is 0.348 e. The zero-order valence-electron chi connectivity index (χ0n) is 13.1. The number of hydrogen-bond acceptors (Lipinski definition) is 3. The summed E-state index contributed by atoms with van der Waals surface area (Å²) >= 11 is 6.20. The van der Waals surface area contributed by atoms with Crippen molar-refractivity contribution in [1.29, 1.82) is 0 Å². The number of hydrogen-bond donors (Lipinski definition) is 2. The average Bonchev–Trinajstić information content (AvgIpc) is 2.81. The number of aryl methyl sites for hydroxylation is 1. The lowest BCUT2D eigenvalue weighted by molar-refractivity contribution is 0.0949. The van der Waals surface area contributed by atoms with Crippen LogP contribution in [0.2, 0.25) is 5.15 Å². The molecule has 2 aromatic rings. The summed E-state index contributed by atoms with van der Waals surface area (Å²) in [5, 5.41) is 7.57. The summed E-state index contributed by atoms with van der Waals surface area (Å²) in [5.41, 5.74) is 8.81. The zero-order valence-corrected chi connectivity index (χ0v) is 13.8. The van der Waals surface area contributed by atoms with Gasteiger partial charge in [-0.25, -0.2) is 0 Å². The summed E-state index contributed by atoms with van der Waals surface area (Å²) in [5.74, 6) is -0.0759. The molecule has 2 rings (SSSR count). The second-order valence-corrected chi connectivity index (χ2v) is 5.89. The molecule has 0 saturated carbocycles. The van der Waals surface area contributed by atoms with Crippen LogP contribution in [0, 0.1) is 0 Å². The van der Waals surface area contributed by atoms with Gasteiger partial charge < -0.3 is 11.1 Å². The van der Waals surface area contributed by atoms with E-state index in [1.165, 1.54) is 4.68 Å². The van der Waals surface area contributed by atoms with Gasteiger partial charge in [0, 0.05) is 20.1 Å². The van der Waals surface area contributed by atoms with Crippen molar-refractivity contribution in [2.45, 2.75) is 32.9 Å². The average molecular weight is 321 g/mol. The van der Waals surface area contributed by atoms with Gasteiger partial charge in [-0.05, 0) is 17.0 Å². The lowest BCUT2D eigenvalue weighted by atomic mass is 10.1. The number of halogens is 1. The third-order valence-electron chi connectivity index (χ3n) is 3.49. The van der Waals surface area contributed by atoms with Gasteiger partial charge in [0.25, 0.3) is 5.91 Å². The van der Waals surface area contributed by atoms with Crippen LogP contribution in [0.15, 0.2) is 24.3 Å². The number of rotatable bonds is 5. The van der Waals surface area contributed by atoms with Gasteiger partial charge in [-0.3, -0.25) is 9.48 Å². The van der Waals surface area contributed by atoms with Gasteiger partial charge in [-0.2, -0.15) is 5.10 Å². The van der Waals surface area contributed by atoms with Crippen LogP contribution in [-0.2, 0) is 20.1 Å². The van der Waals surface area contributed by atoms with Gasteiger partial charge in [-0.15, -0.1) is 0 Å². The highest BCUT2D eigenvalue weighted by Gasteiger charge is 2.23. The molecule has 0 radical (unpaired) electrons. The molecule has 0 atom stereocenters. The molecule has 6 heteroatoms. The molecule has 1 amide bonds. The van der Waals surface area contributed by atoms with Crippen molar-refractivity contribution < 1.29 is 4.79 Å². The van der Waals surface area contributed by atoms with Crippen molar-refractivity contribution in [3.05, 3.63) is 51.8 Å². The standard InChI is InChI=1S/C16H21ClN4O/c1-10(2)14-13(15(17)21(3)20-14)16(22)19-9-12-6-4-11(8-18)5-7-12/h4-7,10H,8-9,18H2,1-3H3,(H,19,22). The molecule has 118 valence electrons. The first-order valence-electron chi connectivity index (χ1n) is 7.22. The highest BCUT2D eigenvalue weighted by Crippen LogP contribution is 2.25. The number of carbonyl (C=O) groups excluding carboxylic acids is 1. The summed E-state index contributed by atoms with van der Waals surface area (Å²) in [4.78, 5) is 12.4. The summed E-state index contributed by atoms with van der Waals surface area (Å²) in [6, 6.07) is 7.82. The predicted molar refractivity (Wildman–Crippen MR) is 87.8 cm³/mol. The number of carbonyl (C=O) groups is 1. The van der Waals surface area contributed by atoms with E-state index in [4.69, 9.17) is 17.3 Å². The quantitative estimate of drug-likeness (QED) is 0.889. The maximum absolute atomic E-state index is 12.4. The number of benzene rings is 1. The van der Waals surface area contributed by atoms with E-state index in [0.717, 1.165) is 11.1 Å². The molecule has 1 heterocycles. The Morgan fingerprint density at radius 3 is 2.45 bits per heavy atom. The monoisotopic (exact) mass is 320 g/mol. The molecule has 0 bridgehead atoms. The van der Waals surface area contributed by atoms with Crippen molar-refractivity contribution in [1.82, 2.24) is 15.1 Å². The molecule has 1 aromatic carbocycles. The number of nitrogens with one attached hydrogen (secondary N) is 1. The van der Waals surface area contributed by atoms with Gasteiger partial charge in [0.1, 0.15) is 5.15 Å². The van der Waals surface area contributed by atoms with Crippen LogP contribution in [0.25, 0.3) is 0 Å². The van der Waals surface area contributed by atoms with E-state index in [1.54, 1.807) is 7.05 Å². The summed E-state index contributed by atoms with van der Waals surface area (Å²) in [7, 11) is 1.73. The third kappa shape index (κ3) is 3.48. The van der Waals surface area contributed by atoms with Crippen molar-refractivity contribution in [2.24, 2.45) is 12.8 Å². The molecule has 1 aromatic heterocycles. The highest BCUT2D eigenvalue weighted by molar-refractivity contribution is 6.33. The molecule has 0 aliphatic heterocycles. The first-order chi connectivity index (χ1) is 10.4. The first kappa shape index (κ1) is 16.5. The highest BCUT2D eigenvalue weighted by atomic mass is 35.5. The smallest absolute Gasteiger partial charge is 0.256 e. The normalized spacial score (nSPS) is 11.0. The van der Waals surface area contributed by atoms with E-state index >= 15 is 0 Å². The van der Waals surface area contributed by atoms with Crippen molar-refractivity contribution in [3.8, 4) is 0 Å². The molecule has 0 aliphatic rings. The van der Waals surface area contributed by atoms with Crippen molar-refractivity contribution in [2.75, 3.05) is 0 Å². The predicted octanol–water partition coefficient (Wildman–Crippen LogP) is 2.59. The van der Waals surface area contributed by atoms with Gasteiger partial charge in [-0.1, -0.05) is 49.7 Å². The van der Waals surface area contributed by atoms with Crippen molar-refractivity contribution in [3.63, 3.8) is 0 Å². The van der Waals surface area contributed by atoms with Crippen LogP contribution in [0.4, 0.5) is 0 Å². The Morgan fingerprint density at radius 1 is 1.32 bits per heavy atom. The number of nitrogens with two attached hydrogens (primary N) is 1. The van der Waals surface area contributed by atoms with Gasteiger partial charge in [0.15, 0.2) is 0 Å². The Labute approximate surface area is 135 Å². The van der Waals surface area contributed by atoms with Gasteiger partial charge >= 0.3 is 0 Å². The Morgan fingerprint density at radius 2 is 1.91 bits per heavy atom. The van der Waals surface area contributed by atoms with E-state index in [-0.39, 0.29) is 11.8 Å². The number of nitrogens with zero attached hydrogens (tertiary/aromatic N) is 2. The molecule has 0 saturated heterocycles. The van der Waals surface area contributed by atoms with Crippen LogP contribution in [0.1, 0.15) is 46.9 Å². The lowest BCUT2D eigenvalue weighted by Gasteiger charge is -2.08. The molecular weight excluding hydrogens is 300 g/mol. The summed E-state index contributed by atoms with van der Waals surface area (Å²) in [6.07, 6.45) is 0. The van der Waals surface area contributed by atoms with Crippen LogP contribution in [0.3, 0.4) is 0 Å². The minimum Gasteiger partial charge on any atom is -0.348 e. The molecule has 3 N–H and O–H groups in total. The topological polar surface area (TPSA) is 72.9 Å². The van der Waals surface area contributed by atoms with Crippen molar-refractivity contribution >= 4 is 17.5 Å². The van der Waals surface area contributed by atoms with E-state index in [0.29, 0.717) is 29.5 Å². The SMILES string of the molecule is CC(C)c1nn(C)c(Cl)c1C(=O)NCc1ccc(CN)cc1.